The zero-order chi connectivity index (χ0) is 13.0. The standard InChI is InChI=1S/C14H25N3O/c1-14(11-15,16-12-3-4-12)7-8-17(2)13-5-9-18-10-6-13/h12-13,16H,3-10H2,1-2H3. The van der Waals surface area contributed by atoms with Crippen LogP contribution in [0.5, 0.6) is 0 Å². The van der Waals surface area contributed by atoms with E-state index in [0.29, 0.717) is 12.1 Å². The van der Waals surface area contributed by atoms with Gasteiger partial charge in [0.05, 0.1) is 6.07 Å². The molecule has 1 N–H and O–H groups in total. The first-order valence-corrected chi connectivity index (χ1v) is 7.10. The normalized spacial score (nSPS) is 24.8. The summed E-state index contributed by atoms with van der Waals surface area (Å²) in [5, 5.41) is 12.8. The maximum absolute atomic E-state index is 9.33. The van der Waals surface area contributed by atoms with E-state index < -0.39 is 0 Å². The van der Waals surface area contributed by atoms with E-state index in [4.69, 9.17) is 4.74 Å². The van der Waals surface area contributed by atoms with Crippen molar-refractivity contribution in [2.24, 2.45) is 0 Å². The first kappa shape index (κ1) is 13.8. The second-order valence-corrected chi connectivity index (χ2v) is 5.94. The second kappa shape index (κ2) is 6.01. The summed E-state index contributed by atoms with van der Waals surface area (Å²) >= 11 is 0. The average molecular weight is 251 g/mol. The van der Waals surface area contributed by atoms with Gasteiger partial charge in [-0.1, -0.05) is 0 Å². The van der Waals surface area contributed by atoms with Gasteiger partial charge in [-0.3, -0.25) is 5.32 Å². The Morgan fingerprint density at radius 1 is 1.33 bits per heavy atom. The molecule has 0 spiro atoms. The van der Waals surface area contributed by atoms with E-state index in [0.717, 1.165) is 39.0 Å². The van der Waals surface area contributed by atoms with Gasteiger partial charge in [0, 0.05) is 31.8 Å². The molecule has 1 aliphatic heterocycles. The molecule has 0 aromatic carbocycles. The van der Waals surface area contributed by atoms with Crippen LogP contribution in [-0.4, -0.2) is 49.3 Å². The molecule has 1 aliphatic carbocycles. The monoisotopic (exact) mass is 251 g/mol. The Morgan fingerprint density at radius 3 is 2.56 bits per heavy atom. The van der Waals surface area contributed by atoms with Gasteiger partial charge in [-0.15, -0.1) is 0 Å². The van der Waals surface area contributed by atoms with Crippen molar-refractivity contribution in [2.45, 2.75) is 56.7 Å². The minimum atomic E-state index is -0.361. The molecule has 4 nitrogen and oxygen atoms in total. The highest BCUT2D eigenvalue weighted by Gasteiger charge is 2.32. The largest absolute Gasteiger partial charge is 0.381 e. The summed E-state index contributed by atoms with van der Waals surface area (Å²) in [6, 6.07) is 3.66. The minimum absolute atomic E-state index is 0.361. The molecule has 4 heteroatoms. The smallest absolute Gasteiger partial charge is 0.105 e. The van der Waals surface area contributed by atoms with Crippen molar-refractivity contribution in [3.05, 3.63) is 0 Å². The fourth-order valence-electron chi connectivity index (χ4n) is 2.55. The van der Waals surface area contributed by atoms with Gasteiger partial charge >= 0.3 is 0 Å². The second-order valence-electron chi connectivity index (χ2n) is 5.94. The van der Waals surface area contributed by atoms with Crippen LogP contribution in [0.15, 0.2) is 0 Å². The highest BCUT2D eigenvalue weighted by molar-refractivity contribution is 5.07. The van der Waals surface area contributed by atoms with Gasteiger partial charge in [-0.25, -0.2) is 0 Å². The first-order valence-electron chi connectivity index (χ1n) is 7.10. The summed E-state index contributed by atoms with van der Waals surface area (Å²) in [5.74, 6) is 0. The maximum atomic E-state index is 9.33. The Labute approximate surface area is 110 Å². The molecule has 1 saturated heterocycles. The van der Waals surface area contributed by atoms with Crippen LogP contribution in [-0.2, 0) is 4.74 Å². The van der Waals surface area contributed by atoms with Gasteiger partial charge in [0.1, 0.15) is 5.54 Å². The third kappa shape index (κ3) is 3.94. The number of nitrogens with zero attached hydrogens (tertiary/aromatic N) is 2. The number of ether oxygens (including phenoxy) is 1. The van der Waals surface area contributed by atoms with Crippen LogP contribution in [0.1, 0.15) is 39.0 Å². The highest BCUT2D eigenvalue weighted by atomic mass is 16.5. The van der Waals surface area contributed by atoms with Crippen molar-refractivity contribution in [3.8, 4) is 6.07 Å². The third-order valence-corrected chi connectivity index (χ3v) is 4.13. The molecule has 2 fully saturated rings. The van der Waals surface area contributed by atoms with E-state index in [2.05, 4.69) is 23.3 Å². The van der Waals surface area contributed by atoms with Crippen LogP contribution >= 0.6 is 0 Å². The van der Waals surface area contributed by atoms with Crippen molar-refractivity contribution in [1.29, 1.82) is 5.26 Å². The SMILES string of the molecule is CN(CCC(C)(C#N)NC1CC1)C1CCOCC1. The molecule has 1 heterocycles. The molecule has 0 radical (unpaired) electrons. The lowest BCUT2D eigenvalue weighted by Gasteiger charge is -2.33. The van der Waals surface area contributed by atoms with Crippen LogP contribution < -0.4 is 5.32 Å². The van der Waals surface area contributed by atoms with E-state index in [1.54, 1.807) is 0 Å². The summed E-state index contributed by atoms with van der Waals surface area (Å²) in [4.78, 5) is 2.40. The van der Waals surface area contributed by atoms with E-state index in [9.17, 15) is 5.26 Å². The van der Waals surface area contributed by atoms with Crippen LogP contribution in [0.2, 0.25) is 0 Å². The lowest BCUT2D eigenvalue weighted by atomic mass is 9.98. The van der Waals surface area contributed by atoms with Crippen molar-refractivity contribution < 1.29 is 4.74 Å². The topological polar surface area (TPSA) is 48.3 Å². The van der Waals surface area contributed by atoms with Gasteiger partial charge in [-0.2, -0.15) is 5.26 Å². The number of rotatable bonds is 6. The summed E-state index contributed by atoms with van der Waals surface area (Å²) < 4.78 is 5.39. The summed E-state index contributed by atoms with van der Waals surface area (Å²) in [6.07, 6.45) is 5.60. The number of nitriles is 1. The molecule has 102 valence electrons. The minimum Gasteiger partial charge on any atom is -0.381 e. The van der Waals surface area contributed by atoms with Crippen LogP contribution in [0.4, 0.5) is 0 Å². The molecule has 18 heavy (non-hydrogen) atoms. The Balaban J connectivity index is 1.75. The number of hydrogen-bond donors (Lipinski definition) is 1. The van der Waals surface area contributed by atoms with Gasteiger partial charge < -0.3 is 9.64 Å². The predicted molar refractivity (Wildman–Crippen MR) is 71.3 cm³/mol. The molecule has 2 aliphatic rings. The fraction of sp³-hybridized carbons (Fsp3) is 0.929. The third-order valence-electron chi connectivity index (χ3n) is 4.13. The predicted octanol–water partition coefficient (Wildman–Crippen LogP) is 1.52. The van der Waals surface area contributed by atoms with Crippen LogP contribution in [0.3, 0.4) is 0 Å². The van der Waals surface area contributed by atoms with E-state index in [1.165, 1.54) is 12.8 Å². The van der Waals surface area contributed by atoms with E-state index in [1.807, 2.05) is 6.92 Å². The van der Waals surface area contributed by atoms with Crippen LogP contribution in [0.25, 0.3) is 0 Å². The zero-order valence-corrected chi connectivity index (χ0v) is 11.6. The average Bonchev–Trinajstić information content (AvgIpc) is 3.21. The zero-order valence-electron chi connectivity index (χ0n) is 11.6. The molecule has 0 bridgehead atoms. The number of hydrogen-bond acceptors (Lipinski definition) is 4. The van der Waals surface area contributed by atoms with Gasteiger partial charge in [0.2, 0.25) is 0 Å². The quantitative estimate of drug-likeness (QED) is 0.777. The Hall–Kier alpha value is -0.630. The lowest BCUT2D eigenvalue weighted by Crippen LogP contribution is -2.46. The molecule has 0 aromatic heterocycles. The summed E-state index contributed by atoms with van der Waals surface area (Å²) in [6.45, 7) is 4.77. The van der Waals surface area contributed by atoms with Crippen molar-refractivity contribution in [3.63, 3.8) is 0 Å². The maximum Gasteiger partial charge on any atom is 0.105 e. The highest BCUT2D eigenvalue weighted by Crippen LogP contribution is 2.24. The molecule has 0 amide bonds. The van der Waals surface area contributed by atoms with E-state index >= 15 is 0 Å². The molecule has 1 unspecified atom stereocenters. The molecule has 1 atom stereocenters. The summed E-state index contributed by atoms with van der Waals surface area (Å²) in [5.41, 5.74) is -0.361. The van der Waals surface area contributed by atoms with Crippen molar-refractivity contribution >= 4 is 0 Å². The first-order chi connectivity index (χ1) is 8.63. The summed E-state index contributed by atoms with van der Waals surface area (Å²) in [7, 11) is 2.17. The van der Waals surface area contributed by atoms with Gasteiger partial charge in [0.25, 0.3) is 0 Å². The molecular formula is C14H25N3O. The lowest BCUT2D eigenvalue weighted by molar-refractivity contribution is 0.0413. The van der Waals surface area contributed by atoms with Gasteiger partial charge in [0.15, 0.2) is 0 Å². The fourth-order valence-corrected chi connectivity index (χ4v) is 2.55. The number of nitrogens with one attached hydrogen (secondary N) is 1. The molecular weight excluding hydrogens is 226 g/mol. The van der Waals surface area contributed by atoms with Crippen molar-refractivity contribution in [1.82, 2.24) is 10.2 Å². The van der Waals surface area contributed by atoms with Gasteiger partial charge in [-0.05, 0) is 46.1 Å². The Kier molecular flexibility index (Phi) is 4.60. The molecule has 2 rings (SSSR count). The van der Waals surface area contributed by atoms with Crippen molar-refractivity contribution in [2.75, 3.05) is 26.8 Å². The van der Waals surface area contributed by atoms with E-state index in [-0.39, 0.29) is 5.54 Å². The molecule has 0 aromatic rings. The molecule has 1 saturated carbocycles. The van der Waals surface area contributed by atoms with Crippen LogP contribution in [0, 0.1) is 11.3 Å². The Morgan fingerprint density at radius 2 is 2.00 bits per heavy atom. The Bertz CT molecular complexity index is 305.